The number of hydrogen-bond acceptors (Lipinski definition) is 6. The Labute approximate surface area is 299 Å². The molecule has 290 valence electrons. The lowest BCUT2D eigenvalue weighted by atomic mass is 10.1. The van der Waals surface area contributed by atoms with Gasteiger partial charge in [-0.3, -0.25) is 0 Å². The van der Waals surface area contributed by atoms with Crippen LogP contribution >= 0.6 is 0 Å². The van der Waals surface area contributed by atoms with Crippen molar-refractivity contribution in [3.05, 3.63) is 0 Å². The molecule has 0 aromatic carbocycles. The smallest absolute Gasteiger partial charge is 0.126 e. The van der Waals surface area contributed by atoms with E-state index in [0.29, 0.717) is 65.9 Å². The highest BCUT2D eigenvalue weighted by atomic mass is 16.6. The van der Waals surface area contributed by atoms with Crippen molar-refractivity contribution >= 4 is 0 Å². The molecular weight excluding hydrogens is 604 g/mol. The fourth-order valence-corrected chi connectivity index (χ4v) is 6.48. The van der Waals surface area contributed by atoms with Gasteiger partial charge in [-0.05, 0) is 25.7 Å². The van der Waals surface area contributed by atoms with E-state index in [1.54, 1.807) is 0 Å². The van der Waals surface area contributed by atoms with Crippen molar-refractivity contribution in [2.24, 2.45) is 0 Å². The number of unbranched alkanes of at least 4 members (excludes halogenated alkanes) is 18. The van der Waals surface area contributed by atoms with E-state index in [1.165, 1.54) is 128 Å². The maximum absolute atomic E-state index is 10.4. The van der Waals surface area contributed by atoms with E-state index in [-0.39, 0.29) is 0 Å². The molecule has 0 aliphatic carbocycles. The third-order valence-corrected chi connectivity index (χ3v) is 9.38. The average Bonchev–Trinajstić information content (AvgIpc) is 3.02. The van der Waals surface area contributed by atoms with Crippen LogP contribution in [0.1, 0.15) is 142 Å². The summed E-state index contributed by atoms with van der Waals surface area (Å²) in [6.07, 6.45) is 26.1. The maximum Gasteiger partial charge on any atom is 0.126 e. The normalized spacial score (nSPS) is 13.8. The van der Waals surface area contributed by atoms with Crippen molar-refractivity contribution in [2.75, 3.05) is 107 Å². The molecule has 2 unspecified atom stereocenters. The van der Waals surface area contributed by atoms with E-state index < -0.39 is 12.2 Å². The van der Waals surface area contributed by atoms with Gasteiger partial charge in [0.2, 0.25) is 0 Å². The molecule has 0 amide bonds. The van der Waals surface area contributed by atoms with E-state index in [2.05, 4.69) is 42.0 Å². The quantitative estimate of drug-likeness (QED) is 0.0507. The van der Waals surface area contributed by atoms with Gasteiger partial charge in [0.25, 0.3) is 0 Å². The molecule has 48 heavy (non-hydrogen) atoms. The van der Waals surface area contributed by atoms with Gasteiger partial charge in [0, 0.05) is 0 Å². The third-order valence-electron chi connectivity index (χ3n) is 9.38. The molecule has 8 nitrogen and oxygen atoms in total. The molecule has 0 rings (SSSR count). The lowest BCUT2D eigenvalue weighted by Gasteiger charge is -2.32. The number of rotatable bonds is 39. The Hall–Kier alpha value is -0.320. The fourth-order valence-electron chi connectivity index (χ4n) is 6.48. The van der Waals surface area contributed by atoms with Crippen LogP contribution in [0.2, 0.25) is 0 Å². The second-order valence-corrected chi connectivity index (χ2v) is 15.7. The van der Waals surface area contributed by atoms with Crippen molar-refractivity contribution in [3.63, 3.8) is 0 Å². The molecule has 2 atom stereocenters. The van der Waals surface area contributed by atoms with Gasteiger partial charge < -0.3 is 38.1 Å². The van der Waals surface area contributed by atoms with E-state index in [1.807, 2.05) is 0 Å². The first kappa shape index (κ1) is 47.7. The molecule has 2 N–H and O–H groups in total. The Bertz CT molecular complexity index is 597. The van der Waals surface area contributed by atoms with E-state index in [9.17, 15) is 10.2 Å². The van der Waals surface area contributed by atoms with Crippen LogP contribution in [0.25, 0.3) is 0 Å². The van der Waals surface area contributed by atoms with Gasteiger partial charge in [0.05, 0.1) is 94.1 Å². The topological polar surface area (TPSA) is 77.4 Å². The molecule has 0 fully saturated rings. The highest BCUT2D eigenvalue weighted by Gasteiger charge is 2.21. The zero-order valence-electron chi connectivity index (χ0n) is 33.2. The zero-order chi connectivity index (χ0) is 35.6. The van der Waals surface area contributed by atoms with E-state index in [4.69, 9.17) is 18.9 Å². The Kier molecular flexibility index (Phi) is 33.6. The molecule has 0 heterocycles. The molecule has 0 saturated carbocycles. The summed E-state index contributed by atoms with van der Waals surface area (Å²) < 4.78 is 24.1. The van der Waals surface area contributed by atoms with Crippen molar-refractivity contribution in [1.29, 1.82) is 0 Å². The lowest BCUT2D eigenvalue weighted by molar-refractivity contribution is -0.893. The second-order valence-electron chi connectivity index (χ2n) is 15.7. The van der Waals surface area contributed by atoms with Crippen molar-refractivity contribution in [3.8, 4) is 0 Å². The summed E-state index contributed by atoms with van der Waals surface area (Å²) in [6.45, 7) is 11.8. The number of quaternary nitrogens is 2. The largest absolute Gasteiger partial charge is 0.385 e. The third kappa shape index (κ3) is 35.5. The summed E-state index contributed by atoms with van der Waals surface area (Å²) in [5, 5.41) is 20.9. The fraction of sp³-hybridized carbons (Fsp3) is 1.00. The van der Waals surface area contributed by atoms with Gasteiger partial charge in [0.15, 0.2) is 0 Å². The highest BCUT2D eigenvalue weighted by molar-refractivity contribution is 4.55. The lowest BCUT2D eigenvalue weighted by Crippen LogP contribution is -2.47. The summed E-state index contributed by atoms with van der Waals surface area (Å²) in [5.74, 6) is 0. The van der Waals surface area contributed by atoms with Gasteiger partial charge in [-0.2, -0.15) is 0 Å². The molecular formula is C40H86N2O6+2. The SMILES string of the molecule is CCCCCCCCCCCC[N+](C)(C)CC(O)COCCOCCOCCOCC(O)C[N+](C)(C)CCCCCCCCCCCC. The molecule has 0 aromatic rings. The minimum Gasteiger partial charge on any atom is -0.385 e. The van der Waals surface area contributed by atoms with Crippen LogP contribution in [0.3, 0.4) is 0 Å². The van der Waals surface area contributed by atoms with Gasteiger partial charge in [-0.1, -0.05) is 117 Å². The number of hydrogen-bond donors (Lipinski definition) is 2. The Morgan fingerprint density at radius 3 is 0.917 bits per heavy atom. The van der Waals surface area contributed by atoms with E-state index in [0.717, 1.165) is 22.1 Å². The molecule has 0 radical (unpaired) electrons. The minimum absolute atomic E-state index is 0.345. The molecule has 8 heteroatoms. The highest BCUT2D eigenvalue weighted by Crippen LogP contribution is 2.13. The van der Waals surface area contributed by atoms with Crippen LogP contribution in [0.15, 0.2) is 0 Å². The van der Waals surface area contributed by atoms with Crippen molar-refractivity contribution < 1.29 is 38.1 Å². The summed E-state index contributed by atoms with van der Waals surface area (Å²) in [4.78, 5) is 0. The monoisotopic (exact) mass is 691 g/mol. The van der Waals surface area contributed by atoms with Gasteiger partial charge >= 0.3 is 0 Å². The van der Waals surface area contributed by atoms with Crippen LogP contribution in [-0.4, -0.2) is 139 Å². The Morgan fingerprint density at radius 1 is 0.375 bits per heavy atom. The summed E-state index contributed by atoms with van der Waals surface area (Å²) in [6, 6.07) is 0. The first-order chi connectivity index (χ1) is 23.1. The van der Waals surface area contributed by atoms with E-state index >= 15 is 0 Å². The molecule has 0 bridgehead atoms. The molecule has 0 saturated heterocycles. The average molecular weight is 691 g/mol. The first-order valence-corrected chi connectivity index (χ1v) is 20.4. The van der Waals surface area contributed by atoms with Gasteiger partial charge in [-0.15, -0.1) is 0 Å². The van der Waals surface area contributed by atoms with Gasteiger partial charge in [0.1, 0.15) is 25.3 Å². The molecule has 0 spiro atoms. The minimum atomic E-state index is -0.459. The summed E-state index contributed by atoms with van der Waals surface area (Å²) in [7, 11) is 8.81. The van der Waals surface area contributed by atoms with Crippen molar-refractivity contribution in [1.82, 2.24) is 0 Å². The Balaban J connectivity index is 3.56. The molecule has 0 aromatic heterocycles. The second kappa shape index (κ2) is 33.8. The van der Waals surface area contributed by atoms with Crippen LogP contribution in [0.4, 0.5) is 0 Å². The van der Waals surface area contributed by atoms with Crippen LogP contribution in [0.5, 0.6) is 0 Å². The molecule has 0 aliphatic rings. The standard InChI is InChI=1S/C40H86N2O6/c1-7-9-11-13-15-17-19-21-23-25-27-41(3,4)35-39(43)37-47-33-31-45-29-30-46-32-34-48-38-40(44)36-42(5,6)28-26-24-22-20-18-16-14-12-10-8-2/h39-40,43-44H,7-38H2,1-6H3/q+2. The Morgan fingerprint density at radius 2 is 0.625 bits per heavy atom. The maximum atomic E-state index is 10.4. The predicted molar refractivity (Wildman–Crippen MR) is 203 cm³/mol. The van der Waals surface area contributed by atoms with Crippen LogP contribution < -0.4 is 0 Å². The van der Waals surface area contributed by atoms with Gasteiger partial charge in [-0.25, -0.2) is 0 Å². The first-order valence-electron chi connectivity index (χ1n) is 20.4. The van der Waals surface area contributed by atoms with Crippen LogP contribution in [0, 0.1) is 0 Å². The number of aliphatic hydroxyl groups is 2. The number of ether oxygens (including phenoxy) is 4. The zero-order valence-corrected chi connectivity index (χ0v) is 33.2. The predicted octanol–water partition coefficient (Wildman–Crippen LogP) is 7.77. The van der Waals surface area contributed by atoms with Crippen LogP contribution in [-0.2, 0) is 18.9 Å². The van der Waals surface area contributed by atoms with Crippen molar-refractivity contribution in [2.45, 2.75) is 154 Å². The number of aliphatic hydroxyl groups excluding tert-OH is 2. The number of likely N-dealkylation sites (N-methyl/N-ethyl adjacent to an activating group) is 2. The summed E-state index contributed by atoms with van der Waals surface area (Å²) >= 11 is 0. The number of nitrogens with zero attached hydrogens (tertiary/aromatic N) is 2. The molecule has 0 aliphatic heterocycles. The summed E-state index contributed by atoms with van der Waals surface area (Å²) in [5.41, 5.74) is 0.